The van der Waals surface area contributed by atoms with E-state index in [0.29, 0.717) is 18.9 Å². The third-order valence-corrected chi connectivity index (χ3v) is 5.35. The van der Waals surface area contributed by atoms with E-state index in [1.54, 1.807) is 18.6 Å². The summed E-state index contributed by atoms with van der Waals surface area (Å²) in [7, 11) is 0. The molecule has 0 aliphatic carbocycles. The van der Waals surface area contributed by atoms with Gasteiger partial charge < -0.3 is 14.8 Å². The molecule has 0 spiro atoms. The average Bonchev–Trinajstić information content (AvgIpc) is 3.33. The van der Waals surface area contributed by atoms with Crippen LogP contribution in [0.4, 0.5) is 5.82 Å². The number of hydrogen-bond donors (Lipinski definition) is 1. The number of nitrogens with zero attached hydrogens (tertiary/aromatic N) is 5. The van der Waals surface area contributed by atoms with Gasteiger partial charge in [-0.25, -0.2) is 9.67 Å². The molecule has 0 saturated carbocycles. The highest BCUT2D eigenvalue weighted by Crippen LogP contribution is 2.27. The molecule has 8 heteroatoms. The zero-order valence-electron chi connectivity index (χ0n) is 16.1. The van der Waals surface area contributed by atoms with E-state index in [-0.39, 0.29) is 23.9 Å². The molecule has 1 N–H and O–H groups in total. The minimum absolute atomic E-state index is 0.101. The van der Waals surface area contributed by atoms with Crippen LogP contribution in [-0.4, -0.2) is 49.1 Å². The molecule has 146 valence electrons. The Labute approximate surface area is 163 Å². The van der Waals surface area contributed by atoms with Crippen molar-refractivity contribution in [3.8, 4) is 0 Å². The Kier molecular flexibility index (Phi) is 4.85. The summed E-state index contributed by atoms with van der Waals surface area (Å²) >= 11 is 0. The SMILES string of the molecule is CC(=O)Nc1ccnn1C1CCN(C(=O)C(C)n2cnc3ccccc32)CC1. The molecule has 1 aliphatic rings. The maximum Gasteiger partial charge on any atom is 0.245 e. The van der Waals surface area contributed by atoms with Crippen LogP contribution in [0.25, 0.3) is 11.0 Å². The number of aromatic nitrogens is 4. The fourth-order valence-corrected chi connectivity index (χ4v) is 3.89. The van der Waals surface area contributed by atoms with Gasteiger partial charge in [0.2, 0.25) is 11.8 Å². The van der Waals surface area contributed by atoms with Crippen LogP contribution in [0.2, 0.25) is 0 Å². The second-order valence-electron chi connectivity index (χ2n) is 7.22. The lowest BCUT2D eigenvalue weighted by Gasteiger charge is -2.34. The summed E-state index contributed by atoms with van der Waals surface area (Å²) in [6.45, 7) is 4.74. The Balaban J connectivity index is 1.43. The first-order valence-corrected chi connectivity index (χ1v) is 9.56. The lowest BCUT2D eigenvalue weighted by atomic mass is 10.0. The van der Waals surface area contributed by atoms with Crippen molar-refractivity contribution in [1.29, 1.82) is 0 Å². The maximum atomic E-state index is 13.0. The number of benzene rings is 1. The molecule has 8 nitrogen and oxygen atoms in total. The van der Waals surface area contributed by atoms with Crippen molar-refractivity contribution in [3.63, 3.8) is 0 Å². The molecule has 1 aromatic carbocycles. The van der Waals surface area contributed by atoms with E-state index in [1.807, 2.05) is 45.3 Å². The van der Waals surface area contributed by atoms with Gasteiger partial charge in [-0.1, -0.05) is 12.1 Å². The van der Waals surface area contributed by atoms with E-state index in [0.717, 1.165) is 23.9 Å². The topological polar surface area (TPSA) is 85.0 Å². The first-order chi connectivity index (χ1) is 13.5. The van der Waals surface area contributed by atoms with E-state index in [1.165, 1.54) is 6.92 Å². The Morgan fingerprint density at radius 3 is 2.68 bits per heavy atom. The molecule has 1 aliphatic heterocycles. The van der Waals surface area contributed by atoms with Crippen molar-refractivity contribution in [1.82, 2.24) is 24.2 Å². The third kappa shape index (κ3) is 3.37. The summed E-state index contributed by atoms with van der Waals surface area (Å²) in [5.41, 5.74) is 1.86. The molecule has 28 heavy (non-hydrogen) atoms. The number of rotatable bonds is 4. The number of carbonyl (C=O) groups excluding carboxylic acids is 2. The first kappa shape index (κ1) is 18.2. The normalized spacial score (nSPS) is 16.3. The third-order valence-electron chi connectivity index (χ3n) is 5.35. The summed E-state index contributed by atoms with van der Waals surface area (Å²) in [6, 6.07) is 9.51. The lowest BCUT2D eigenvalue weighted by Crippen LogP contribution is -2.42. The Hall–Kier alpha value is -3.16. The minimum atomic E-state index is -0.302. The number of imidazole rings is 1. The predicted octanol–water partition coefficient (Wildman–Crippen LogP) is 2.62. The van der Waals surface area contributed by atoms with Crippen molar-refractivity contribution in [3.05, 3.63) is 42.9 Å². The van der Waals surface area contributed by atoms with E-state index < -0.39 is 0 Å². The van der Waals surface area contributed by atoms with Gasteiger partial charge in [-0.2, -0.15) is 5.10 Å². The molecule has 3 aromatic rings. The van der Waals surface area contributed by atoms with Crippen LogP contribution in [-0.2, 0) is 9.59 Å². The molecule has 3 heterocycles. The summed E-state index contributed by atoms with van der Waals surface area (Å²) in [5, 5.41) is 7.17. The Bertz CT molecular complexity index is 999. The number of piperidine rings is 1. The van der Waals surface area contributed by atoms with Crippen LogP contribution in [0.15, 0.2) is 42.9 Å². The fraction of sp³-hybridized carbons (Fsp3) is 0.400. The lowest BCUT2D eigenvalue weighted by molar-refractivity contribution is -0.135. The van der Waals surface area contributed by atoms with E-state index in [4.69, 9.17) is 0 Å². The quantitative estimate of drug-likeness (QED) is 0.754. The van der Waals surface area contributed by atoms with Crippen molar-refractivity contribution < 1.29 is 9.59 Å². The zero-order chi connectivity index (χ0) is 19.7. The van der Waals surface area contributed by atoms with Crippen molar-refractivity contribution >= 4 is 28.7 Å². The van der Waals surface area contributed by atoms with Crippen molar-refractivity contribution in [2.24, 2.45) is 0 Å². The Morgan fingerprint density at radius 1 is 1.18 bits per heavy atom. The highest BCUT2D eigenvalue weighted by Gasteiger charge is 2.29. The van der Waals surface area contributed by atoms with Gasteiger partial charge in [-0.15, -0.1) is 0 Å². The average molecular weight is 380 g/mol. The molecule has 4 rings (SSSR count). The number of anilines is 1. The molecular weight excluding hydrogens is 356 g/mol. The zero-order valence-corrected chi connectivity index (χ0v) is 16.1. The van der Waals surface area contributed by atoms with Gasteiger partial charge in [-0.3, -0.25) is 9.59 Å². The second kappa shape index (κ2) is 7.46. The number of nitrogens with one attached hydrogen (secondary N) is 1. The number of para-hydroxylation sites is 2. The number of carbonyl (C=O) groups is 2. The van der Waals surface area contributed by atoms with Crippen molar-refractivity contribution in [2.45, 2.75) is 38.8 Å². The molecular formula is C20H24N6O2. The summed E-state index contributed by atoms with van der Waals surface area (Å²) < 4.78 is 3.79. The summed E-state index contributed by atoms with van der Waals surface area (Å²) in [4.78, 5) is 30.7. The van der Waals surface area contributed by atoms with Crippen molar-refractivity contribution in [2.75, 3.05) is 18.4 Å². The van der Waals surface area contributed by atoms with E-state index in [2.05, 4.69) is 15.4 Å². The van der Waals surface area contributed by atoms with Crippen LogP contribution in [0.5, 0.6) is 0 Å². The van der Waals surface area contributed by atoms with Gasteiger partial charge in [0.1, 0.15) is 11.9 Å². The standard InChI is InChI=1S/C20H24N6O2/c1-14(25-13-21-17-5-3-4-6-18(17)25)20(28)24-11-8-16(9-12-24)26-19(7-10-22-26)23-15(2)27/h3-7,10,13-14,16H,8-9,11-12H2,1-2H3,(H,23,27). The molecule has 1 unspecified atom stereocenters. The van der Waals surface area contributed by atoms with Gasteiger partial charge in [0.15, 0.2) is 0 Å². The Morgan fingerprint density at radius 2 is 1.93 bits per heavy atom. The predicted molar refractivity (Wildman–Crippen MR) is 106 cm³/mol. The maximum absolute atomic E-state index is 13.0. The molecule has 0 radical (unpaired) electrons. The number of amides is 2. The first-order valence-electron chi connectivity index (χ1n) is 9.56. The van der Waals surface area contributed by atoms with E-state index >= 15 is 0 Å². The number of fused-ring (bicyclic) bond motifs is 1. The van der Waals surface area contributed by atoms with Gasteiger partial charge in [-0.05, 0) is 31.9 Å². The highest BCUT2D eigenvalue weighted by atomic mass is 16.2. The number of hydrogen-bond acceptors (Lipinski definition) is 4. The molecule has 2 amide bonds. The van der Waals surface area contributed by atoms with Crippen LogP contribution >= 0.6 is 0 Å². The summed E-state index contributed by atoms with van der Waals surface area (Å²) in [6.07, 6.45) is 5.03. The molecule has 1 saturated heterocycles. The molecule has 0 bridgehead atoms. The molecule has 1 fully saturated rings. The smallest absolute Gasteiger partial charge is 0.245 e. The number of likely N-dealkylation sites (tertiary alicyclic amines) is 1. The van der Waals surface area contributed by atoms with Crippen LogP contribution in [0.1, 0.15) is 38.8 Å². The van der Waals surface area contributed by atoms with Gasteiger partial charge in [0.05, 0.1) is 29.6 Å². The molecule has 2 aromatic heterocycles. The summed E-state index contributed by atoms with van der Waals surface area (Å²) in [5.74, 6) is 0.690. The van der Waals surface area contributed by atoms with Gasteiger partial charge in [0.25, 0.3) is 0 Å². The van der Waals surface area contributed by atoms with Crippen LogP contribution in [0.3, 0.4) is 0 Å². The fourth-order valence-electron chi connectivity index (χ4n) is 3.89. The minimum Gasteiger partial charge on any atom is -0.341 e. The second-order valence-corrected chi connectivity index (χ2v) is 7.22. The monoisotopic (exact) mass is 380 g/mol. The van der Waals surface area contributed by atoms with Crippen LogP contribution < -0.4 is 5.32 Å². The highest BCUT2D eigenvalue weighted by molar-refractivity contribution is 5.87. The van der Waals surface area contributed by atoms with Gasteiger partial charge >= 0.3 is 0 Å². The van der Waals surface area contributed by atoms with E-state index in [9.17, 15) is 9.59 Å². The van der Waals surface area contributed by atoms with Gasteiger partial charge in [0, 0.05) is 26.1 Å². The van der Waals surface area contributed by atoms with Crippen LogP contribution in [0, 0.1) is 0 Å². The molecule has 1 atom stereocenters. The largest absolute Gasteiger partial charge is 0.341 e.